The molecule has 0 saturated heterocycles. The van der Waals surface area contributed by atoms with Gasteiger partial charge in [0.15, 0.2) is 0 Å². The third-order valence-corrected chi connectivity index (χ3v) is 5.29. The molecule has 0 amide bonds. The molecule has 33 heavy (non-hydrogen) atoms. The standard InChI is InChI=1S/C24H35N3O6/c1-4-31-22(28)24(2,3)14-6-9-19-33-21-12-10-20(11-13-21)32-18-8-5-7-16-26-17-15-25-23(26)27(29)30/h10-13,15,17H,4-9,14,16,18-19H2,1-3H3. The SMILES string of the molecule is CCOC(=O)C(C)(C)CCCCOc1ccc(OCCCCCn2ccnc2[N+](=O)[O-])cc1. The maximum Gasteiger partial charge on any atom is 0.434 e. The third kappa shape index (κ3) is 9.11. The van der Waals surface area contributed by atoms with Crippen molar-refractivity contribution in [2.24, 2.45) is 5.41 Å². The lowest BCUT2D eigenvalue weighted by molar-refractivity contribution is -0.396. The van der Waals surface area contributed by atoms with Crippen LogP contribution in [0.4, 0.5) is 5.95 Å². The molecule has 0 aliphatic carbocycles. The average molecular weight is 462 g/mol. The Labute approximate surface area is 195 Å². The van der Waals surface area contributed by atoms with E-state index < -0.39 is 10.3 Å². The summed E-state index contributed by atoms with van der Waals surface area (Å²) in [6.07, 6.45) is 8.19. The van der Waals surface area contributed by atoms with Crippen LogP contribution in [0.3, 0.4) is 0 Å². The average Bonchev–Trinajstić information content (AvgIpc) is 3.26. The summed E-state index contributed by atoms with van der Waals surface area (Å²) in [4.78, 5) is 26.0. The summed E-state index contributed by atoms with van der Waals surface area (Å²) in [5.41, 5.74) is -0.466. The van der Waals surface area contributed by atoms with Gasteiger partial charge in [-0.1, -0.05) is 4.98 Å². The number of esters is 1. The summed E-state index contributed by atoms with van der Waals surface area (Å²) in [6.45, 7) is 7.80. The van der Waals surface area contributed by atoms with Crippen LogP contribution >= 0.6 is 0 Å². The summed E-state index contributed by atoms with van der Waals surface area (Å²) < 4.78 is 18.2. The molecule has 0 atom stereocenters. The minimum atomic E-state index is -0.469. The lowest BCUT2D eigenvalue weighted by atomic mass is 9.87. The first-order valence-electron chi connectivity index (χ1n) is 11.5. The molecule has 182 valence electrons. The fourth-order valence-corrected chi connectivity index (χ4v) is 3.32. The van der Waals surface area contributed by atoms with Crippen molar-refractivity contribution < 1.29 is 23.9 Å². The van der Waals surface area contributed by atoms with Crippen molar-refractivity contribution in [2.75, 3.05) is 19.8 Å². The van der Waals surface area contributed by atoms with E-state index in [2.05, 4.69) is 4.98 Å². The highest BCUT2D eigenvalue weighted by Gasteiger charge is 2.28. The molecule has 2 rings (SSSR count). The van der Waals surface area contributed by atoms with Gasteiger partial charge >= 0.3 is 11.9 Å². The first-order valence-corrected chi connectivity index (χ1v) is 11.5. The molecule has 0 aliphatic rings. The number of nitrogens with zero attached hydrogens (tertiary/aromatic N) is 3. The van der Waals surface area contributed by atoms with E-state index in [1.54, 1.807) is 10.8 Å². The smallest absolute Gasteiger partial charge is 0.434 e. The van der Waals surface area contributed by atoms with Gasteiger partial charge in [-0.15, -0.1) is 0 Å². The highest BCUT2D eigenvalue weighted by molar-refractivity contribution is 5.75. The zero-order valence-electron chi connectivity index (χ0n) is 19.8. The molecule has 0 saturated carbocycles. The van der Waals surface area contributed by atoms with Gasteiger partial charge in [0.2, 0.25) is 0 Å². The Morgan fingerprint density at radius 1 is 1.03 bits per heavy atom. The normalized spacial score (nSPS) is 11.2. The monoisotopic (exact) mass is 461 g/mol. The Balaban J connectivity index is 1.56. The first-order chi connectivity index (χ1) is 15.8. The van der Waals surface area contributed by atoms with Crippen molar-refractivity contribution in [3.8, 4) is 11.5 Å². The molecule has 1 heterocycles. The van der Waals surface area contributed by atoms with E-state index in [9.17, 15) is 14.9 Å². The summed E-state index contributed by atoms with van der Waals surface area (Å²) in [5.74, 6) is 1.30. The molecule has 1 aromatic heterocycles. The maximum absolute atomic E-state index is 11.9. The van der Waals surface area contributed by atoms with Crippen molar-refractivity contribution in [1.29, 1.82) is 0 Å². The Kier molecular flexibility index (Phi) is 10.7. The van der Waals surface area contributed by atoms with Gasteiger partial charge in [0.25, 0.3) is 0 Å². The van der Waals surface area contributed by atoms with Crippen LogP contribution in [0.2, 0.25) is 0 Å². The van der Waals surface area contributed by atoms with E-state index in [0.717, 1.165) is 50.0 Å². The quantitative estimate of drug-likeness (QED) is 0.147. The predicted octanol–water partition coefficient (Wildman–Crippen LogP) is 5.18. The molecule has 0 bridgehead atoms. The van der Waals surface area contributed by atoms with E-state index in [-0.39, 0.29) is 11.9 Å². The number of carbonyl (C=O) groups is 1. The van der Waals surface area contributed by atoms with Crippen LogP contribution in [-0.2, 0) is 16.1 Å². The molecule has 9 nitrogen and oxygen atoms in total. The Morgan fingerprint density at radius 3 is 2.21 bits per heavy atom. The first kappa shape index (κ1) is 26.2. The molecule has 2 aromatic rings. The molecule has 0 radical (unpaired) electrons. The summed E-state index contributed by atoms with van der Waals surface area (Å²) in [6, 6.07) is 7.54. The van der Waals surface area contributed by atoms with Gasteiger partial charge in [-0.25, -0.2) is 4.57 Å². The number of benzene rings is 1. The number of rotatable bonds is 16. The van der Waals surface area contributed by atoms with E-state index in [1.807, 2.05) is 45.0 Å². The predicted molar refractivity (Wildman–Crippen MR) is 124 cm³/mol. The van der Waals surface area contributed by atoms with Crippen molar-refractivity contribution in [3.05, 3.63) is 46.8 Å². The lowest BCUT2D eigenvalue weighted by Crippen LogP contribution is -2.26. The number of unbranched alkanes of at least 4 members (excludes halogenated alkanes) is 3. The summed E-state index contributed by atoms with van der Waals surface area (Å²) in [7, 11) is 0. The van der Waals surface area contributed by atoms with E-state index in [0.29, 0.717) is 26.4 Å². The Morgan fingerprint density at radius 2 is 1.64 bits per heavy atom. The fourth-order valence-electron chi connectivity index (χ4n) is 3.32. The van der Waals surface area contributed by atoms with E-state index >= 15 is 0 Å². The van der Waals surface area contributed by atoms with Crippen LogP contribution in [0.1, 0.15) is 59.3 Å². The number of aryl methyl sites for hydroxylation is 1. The second kappa shape index (κ2) is 13.4. The van der Waals surface area contributed by atoms with Crippen LogP contribution in [0.15, 0.2) is 36.7 Å². The van der Waals surface area contributed by atoms with Crippen molar-refractivity contribution in [1.82, 2.24) is 9.55 Å². The number of imidazole rings is 1. The van der Waals surface area contributed by atoms with Crippen LogP contribution in [-0.4, -0.2) is 40.3 Å². The number of hydrogen-bond acceptors (Lipinski definition) is 7. The molecule has 0 spiro atoms. The van der Waals surface area contributed by atoms with E-state index in [1.165, 1.54) is 6.20 Å². The van der Waals surface area contributed by atoms with Crippen LogP contribution in [0.5, 0.6) is 11.5 Å². The Bertz CT molecular complexity index is 863. The highest BCUT2D eigenvalue weighted by Crippen LogP contribution is 2.25. The van der Waals surface area contributed by atoms with Crippen molar-refractivity contribution in [3.63, 3.8) is 0 Å². The molecule has 0 fully saturated rings. The molecule has 9 heteroatoms. The van der Waals surface area contributed by atoms with Crippen molar-refractivity contribution in [2.45, 2.75) is 65.8 Å². The number of hydrogen-bond donors (Lipinski definition) is 0. The van der Waals surface area contributed by atoms with Crippen LogP contribution in [0, 0.1) is 15.5 Å². The maximum atomic E-state index is 11.9. The van der Waals surface area contributed by atoms with Gasteiger partial charge in [-0.2, -0.15) is 0 Å². The summed E-state index contributed by atoms with van der Waals surface area (Å²) in [5, 5.41) is 10.8. The van der Waals surface area contributed by atoms with Gasteiger partial charge < -0.3 is 24.3 Å². The molecule has 0 unspecified atom stereocenters. The lowest BCUT2D eigenvalue weighted by Gasteiger charge is -2.21. The molecule has 0 aliphatic heterocycles. The summed E-state index contributed by atoms with van der Waals surface area (Å²) >= 11 is 0. The van der Waals surface area contributed by atoms with Gasteiger partial charge in [0.05, 0.1) is 31.8 Å². The van der Waals surface area contributed by atoms with Crippen molar-refractivity contribution >= 4 is 11.9 Å². The zero-order valence-corrected chi connectivity index (χ0v) is 19.8. The second-order valence-electron chi connectivity index (χ2n) is 8.47. The topological polar surface area (TPSA) is 106 Å². The van der Waals surface area contributed by atoms with E-state index in [4.69, 9.17) is 14.2 Å². The number of carbonyl (C=O) groups excluding carboxylic acids is 1. The van der Waals surface area contributed by atoms with Gasteiger partial charge in [0.1, 0.15) is 23.9 Å². The third-order valence-electron chi connectivity index (χ3n) is 5.29. The molecule has 1 aromatic carbocycles. The van der Waals surface area contributed by atoms with Gasteiger partial charge in [0, 0.05) is 0 Å². The largest absolute Gasteiger partial charge is 0.494 e. The number of ether oxygens (including phenoxy) is 3. The van der Waals surface area contributed by atoms with Gasteiger partial charge in [-0.3, -0.25) is 4.79 Å². The van der Waals surface area contributed by atoms with Crippen LogP contribution in [0.25, 0.3) is 0 Å². The van der Waals surface area contributed by atoms with Crippen LogP contribution < -0.4 is 9.47 Å². The number of aromatic nitrogens is 2. The Hall–Kier alpha value is -3.10. The minimum absolute atomic E-state index is 0.117. The zero-order chi connectivity index (χ0) is 24.1. The minimum Gasteiger partial charge on any atom is -0.494 e. The molecular formula is C24H35N3O6. The number of nitro groups is 1. The molecular weight excluding hydrogens is 426 g/mol. The fraction of sp³-hybridized carbons (Fsp3) is 0.583. The molecule has 0 N–H and O–H groups in total. The second-order valence-corrected chi connectivity index (χ2v) is 8.47. The van der Waals surface area contributed by atoms with Gasteiger partial charge in [-0.05, 0) is 88.5 Å². The highest BCUT2D eigenvalue weighted by atomic mass is 16.6.